The molecular weight excluding hydrogens is 518 g/mol. The molecule has 0 fully saturated rings. The summed E-state index contributed by atoms with van der Waals surface area (Å²) in [5, 5.41) is 9.22. The van der Waals surface area contributed by atoms with Crippen LogP contribution in [-0.2, 0) is 9.59 Å². The Kier molecular flexibility index (Phi) is 7.08. The van der Waals surface area contributed by atoms with E-state index in [4.69, 9.17) is 16.7 Å². The van der Waals surface area contributed by atoms with Crippen LogP contribution in [0.2, 0.25) is 5.02 Å². The molecule has 1 N–H and O–H groups in total. The van der Waals surface area contributed by atoms with Crippen LogP contribution in [0.1, 0.15) is 35.6 Å². The maximum atomic E-state index is 13.8. The van der Waals surface area contributed by atoms with Crippen molar-refractivity contribution in [2.24, 2.45) is 10.1 Å². The first-order valence-corrected chi connectivity index (χ1v) is 12.8. The number of rotatable bonds is 5. The van der Waals surface area contributed by atoms with Crippen LogP contribution in [-0.4, -0.2) is 33.0 Å². The van der Waals surface area contributed by atoms with Crippen LogP contribution in [0.25, 0.3) is 0 Å². The minimum atomic E-state index is -0.740. The largest absolute Gasteiger partial charge is 0.326 e. The third-order valence-corrected chi connectivity index (χ3v) is 7.45. The molecule has 0 saturated carbocycles. The van der Waals surface area contributed by atoms with Gasteiger partial charge in [0.05, 0.1) is 11.8 Å². The lowest BCUT2D eigenvalue weighted by atomic mass is 9.98. The molecule has 2 heterocycles. The molecule has 0 aliphatic carbocycles. The lowest BCUT2D eigenvalue weighted by molar-refractivity contribution is -0.121. The Balaban J connectivity index is 1.35. The van der Waals surface area contributed by atoms with E-state index in [1.54, 1.807) is 42.3 Å². The van der Waals surface area contributed by atoms with Crippen LogP contribution in [0.4, 0.5) is 14.5 Å². The average Bonchev–Trinajstić information content (AvgIpc) is 3.46. The number of hydrogen-bond donors (Lipinski definition) is 1. The Hall–Kier alpha value is -3.56. The van der Waals surface area contributed by atoms with Gasteiger partial charge in [0, 0.05) is 23.6 Å². The minimum absolute atomic E-state index is 0.129. The van der Waals surface area contributed by atoms with Gasteiger partial charge in [0.25, 0.3) is 5.91 Å². The van der Waals surface area contributed by atoms with Crippen molar-refractivity contribution in [2.75, 3.05) is 5.32 Å². The average molecular weight is 539 g/mol. The molecule has 0 spiro atoms. The van der Waals surface area contributed by atoms with Gasteiger partial charge in [0.2, 0.25) is 5.91 Å². The smallest absolute Gasteiger partial charge is 0.262 e. The second-order valence-corrected chi connectivity index (χ2v) is 10.3. The molecule has 5 rings (SSSR count). The molecular formula is C27H21ClF2N4O2S. The molecule has 2 atom stereocenters. The molecule has 0 radical (unpaired) electrons. The Labute approximate surface area is 221 Å². The van der Waals surface area contributed by atoms with E-state index in [-0.39, 0.29) is 18.3 Å². The summed E-state index contributed by atoms with van der Waals surface area (Å²) in [6, 6.07) is 17.5. The number of amides is 2. The van der Waals surface area contributed by atoms with Gasteiger partial charge < -0.3 is 5.32 Å². The molecule has 6 nitrogen and oxygen atoms in total. The molecule has 0 bridgehead atoms. The van der Waals surface area contributed by atoms with Crippen molar-refractivity contribution in [1.29, 1.82) is 0 Å². The Morgan fingerprint density at radius 3 is 2.65 bits per heavy atom. The van der Waals surface area contributed by atoms with Gasteiger partial charge in [-0.3, -0.25) is 9.59 Å². The highest BCUT2D eigenvalue weighted by Crippen LogP contribution is 2.39. The van der Waals surface area contributed by atoms with Gasteiger partial charge in [0.1, 0.15) is 16.9 Å². The zero-order chi connectivity index (χ0) is 26.1. The lowest BCUT2D eigenvalue weighted by Crippen LogP contribution is -2.25. The first kappa shape index (κ1) is 25.1. The molecule has 0 unspecified atom stereocenters. The van der Waals surface area contributed by atoms with Crippen LogP contribution >= 0.6 is 23.4 Å². The van der Waals surface area contributed by atoms with Crippen molar-refractivity contribution in [2.45, 2.75) is 31.1 Å². The summed E-state index contributed by atoms with van der Waals surface area (Å²) in [6.45, 7) is 1.63. The minimum Gasteiger partial charge on any atom is -0.326 e. The van der Waals surface area contributed by atoms with E-state index in [0.29, 0.717) is 33.6 Å². The highest BCUT2D eigenvalue weighted by atomic mass is 35.5. The van der Waals surface area contributed by atoms with E-state index in [9.17, 15) is 18.4 Å². The number of aryl methyl sites for hydroxylation is 1. The van der Waals surface area contributed by atoms with Crippen LogP contribution in [0.3, 0.4) is 0 Å². The summed E-state index contributed by atoms with van der Waals surface area (Å²) < 4.78 is 27.3. The second-order valence-electron chi connectivity index (χ2n) is 8.73. The number of carbonyl (C=O) groups excluding carboxylic acids is 2. The number of aliphatic imine (C=N–C) groups is 1. The van der Waals surface area contributed by atoms with Gasteiger partial charge in [-0.25, -0.2) is 13.8 Å². The Morgan fingerprint density at radius 1 is 1.14 bits per heavy atom. The van der Waals surface area contributed by atoms with Crippen LogP contribution in [0.15, 0.2) is 76.8 Å². The Bertz CT molecular complexity index is 1440. The third-order valence-electron chi connectivity index (χ3n) is 6.07. The molecule has 10 heteroatoms. The zero-order valence-corrected chi connectivity index (χ0v) is 21.2. The monoisotopic (exact) mass is 538 g/mol. The summed E-state index contributed by atoms with van der Waals surface area (Å²) in [5.74, 6) is -1.64. The van der Waals surface area contributed by atoms with Crippen molar-refractivity contribution in [3.05, 3.63) is 100 Å². The molecule has 0 aromatic heterocycles. The molecule has 37 heavy (non-hydrogen) atoms. The molecule has 2 amide bonds. The number of nitrogens with zero attached hydrogens (tertiary/aromatic N) is 3. The van der Waals surface area contributed by atoms with Gasteiger partial charge in [-0.1, -0.05) is 53.7 Å². The number of carbonyl (C=O) groups is 2. The summed E-state index contributed by atoms with van der Waals surface area (Å²) in [6.07, 6.45) is 0.361. The molecule has 3 aromatic carbocycles. The van der Waals surface area contributed by atoms with Crippen molar-refractivity contribution in [3.63, 3.8) is 0 Å². The Morgan fingerprint density at radius 2 is 1.92 bits per heavy atom. The first-order chi connectivity index (χ1) is 17.8. The van der Waals surface area contributed by atoms with Gasteiger partial charge in [-0.2, -0.15) is 10.1 Å². The maximum Gasteiger partial charge on any atom is 0.262 e. The van der Waals surface area contributed by atoms with Gasteiger partial charge in [-0.15, -0.1) is 0 Å². The number of benzene rings is 3. The normalized spacial score (nSPS) is 19.1. The molecule has 2 aliphatic heterocycles. The van der Waals surface area contributed by atoms with Crippen LogP contribution in [0.5, 0.6) is 0 Å². The predicted octanol–water partition coefficient (Wildman–Crippen LogP) is 6.10. The van der Waals surface area contributed by atoms with E-state index >= 15 is 0 Å². The van der Waals surface area contributed by atoms with Crippen molar-refractivity contribution >= 4 is 51.7 Å². The van der Waals surface area contributed by atoms with Gasteiger partial charge >= 0.3 is 0 Å². The van der Waals surface area contributed by atoms with Crippen molar-refractivity contribution in [3.8, 4) is 0 Å². The number of halogens is 3. The predicted molar refractivity (Wildman–Crippen MR) is 142 cm³/mol. The van der Waals surface area contributed by atoms with Gasteiger partial charge in [0.15, 0.2) is 5.17 Å². The number of hydrazone groups is 1. The van der Waals surface area contributed by atoms with Crippen LogP contribution in [0, 0.1) is 18.6 Å². The highest BCUT2D eigenvalue weighted by Gasteiger charge is 2.39. The number of hydrogen-bond acceptors (Lipinski definition) is 5. The lowest BCUT2D eigenvalue weighted by Gasteiger charge is -2.23. The summed E-state index contributed by atoms with van der Waals surface area (Å²) in [7, 11) is 0. The summed E-state index contributed by atoms with van der Waals surface area (Å²) in [4.78, 5) is 29.5. The fraction of sp³-hybridized carbons (Fsp3) is 0.185. The fourth-order valence-corrected chi connectivity index (χ4v) is 5.39. The van der Waals surface area contributed by atoms with E-state index in [1.807, 2.05) is 18.2 Å². The van der Waals surface area contributed by atoms with Crippen molar-refractivity contribution < 1.29 is 18.4 Å². The SMILES string of the molecule is Cc1ccc(NC(=O)C[C@H]2SC(N3N=C(c4ccc(F)cc4)C[C@@H]3c3cccc(Cl)c3)=NC2=O)cc1F. The molecule has 188 valence electrons. The zero-order valence-electron chi connectivity index (χ0n) is 19.6. The third kappa shape index (κ3) is 5.57. The molecule has 2 aliphatic rings. The van der Waals surface area contributed by atoms with E-state index in [2.05, 4.69) is 10.3 Å². The maximum absolute atomic E-state index is 13.8. The standard InChI is InChI=1S/C27H21ClF2N4O2S/c1-15-5-10-20(12-21(15)30)31-25(35)14-24-26(36)32-27(37-24)34-23(17-3-2-4-18(28)11-17)13-22(33-34)16-6-8-19(29)9-7-16/h2-12,23-24H,13-14H2,1H3,(H,31,35)/t23-,24-/m1/s1. The number of thioether (sulfide) groups is 1. The topological polar surface area (TPSA) is 74.1 Å². The summed E-state index contributed by atoms with van der Waals surface area (Å²) >= 11 is 7.39. The molecule has 3 aromatic rings. The second kappa shape index (κ2) is 10.4. The highest BCUT2D eigenvalue weighted by molar-refractivity contribution is 8.15. The molecule has 0 saturated heterocycles. The van der Waals surface area contributed by atoms with E-state index in [0.717, 1.165) is 22.9 Å². The number of amidine groups is 1. The van der Waals surface area contributed by atoms with Gasteiger partial charge in [-0.05, 0) is 60.0 Å². The van der Waals surface area contributed by atoms with Crippen LogP contribution < -0.4 is 5.32 Å². The van der Waals surface area contributed by atoms with E-state index < -0.39 is 22.9 Å². The number of anilines is 1. The fourth-order valence-electron chi connectivity index (χ4n) is 4.13. The van der Waals surface area contributed by atoms with E-state index in [1.165, 1.54) is 18.2 Å². The van der Waals surface area contributed by atoms with Crippen molar-refractivity contribution in [1.82, 2.24) is 5.01 Å². The summed E-state index contributed by atoms with van der Waals surface area (Å²) in [5.41, 5.74) is 3.14. The first-order valence-electron chi connectivity index (χ1n) is 11.5. The number of nitrogens with one attached hydrogen (secondary N) is 1. The quantitative estimate of drug-likeness (QED) is 0.426.